The molecule has 1 heterocycles. The molecule has 0 amide bonds. The lowest BCUT2D eigenvalue weighted by atomic mass is 10.1. The second kappa shape index (κ2) is 7.31. The van der Waals surface area contributed by atoms with Gasteiger partial charge >= 0.3 is 0 Å². The molecule has 0 saturated heterocycles. The van der Waals surface area contributed by atoms with Gasteiger partial charge in [-0.05, 0) is 64.4 Å². The monoisotopic (exact) mass is 353 g/mol. The summed E-state index contributed by atoms with van der Waals surface area (Å²) in [5, 5.41) is 6.59. The minimum atomic E-state index is -0.222. The van der Waals surface area contributed by atoms with Crippen LogP contribution in [-0.4, -0.2) is 16.6 Å². The molecule has 1 aromatic heterocycles. The van der Waals surface area contributed by atoms with Crippen molar-refractivity contribution in [1.82, 2.24) is 10.3 Å². The second-order valence-corrected chi connectivity index (χ2v) is 5.44. The van der Waals surface area contributed by atoms with Crippen LogP contribution in [0.3, 0.4) is 0 Å². The molecular formula is C14H13BrFN3S. The highest BCUT2D eigenvalue weighted by Gasteiger charge is 1.99. The number of halogens is 2. The summed E-state index contributed by atoms with van der Waals surface area (Å²) in [5.74, 6) is 0.465. The molecule has 0 aliphatic carbocycles. The van der Waals surface area contributed by atoms with Gasteiger partial charge in [-0.25, -0.2) is 9.37 Å². The van der Waals surface area contributed by atoms with Gasteiger partial charge in [0.25, 0.3) is 0 Å². The van der Waals surface area contributed by atoms with E-state index >= 15 is 0 Å². The van der Waals surface area contributed by atoms with Crippen molar-refractivity contribution in [1.29, 1.82) is 0 Å². The Bertz CT molecular complexity index is 572. The van der Waals surface area contributed by atoms with Gasteiger partial charge in [0.15, 0.2) is 5.11 Å². The third-order valence-corrected chi connectivity index (χ3v) is 3.30. The van der Waals surface area contributed by atoms with Gasteiger partial charge in [0.2, 0.25) is 0 Å². The number of rotatable bonds is 4. The minimum absolute atomic E-state index is 0.222. The molecule has 0 saturated carbocycles. The Kier molecular flexibility index (Phi) is 5.43. The van der Waals surface area contributed by atoms with Crippen molar-refractivity contribution in [3.8, 4) is 0 Å². The molecule has 20 heavy (non-hydrogen) atoms. The molecule has 0 fully saturated rings. The van der Waals surface area contributed by atoms with E-state index in [4.69, 9.17) is 12.2 Å². The summed E-state index contributed by atoms with van der Waals surface area (Å²) >= 11 is 8.49. The maximum atomic E-state index is 12.8. The SMILES string of the molecule is Fc1ccc(CCNC(=S)Nc2ccc(Br)cn2)cc1. The molecule has 2 N–H and O–H groups in total. The Morgan fingerprint density at radius 3 is 2.60 bits per heavy atom. The maximum absolute atomic E-state index is 12.8. The predicted octanol–water partition coefficient (Wildman–Crippen LogP) is 3.51. The molecule has 0 unspecified atom stereocenters. The molecule has 3 nitrogen and oxygen atoms in total. The van der Waals surface area contributed by atoms with Gasteiger partial charge in [-0.1, -0.05) is 12.1 Å². The lowest BCUT2D eigenvalue weighted by Gasteiger charge is -2.09. The Hall–Kier alpha value is -1.53. The van der Waals surface area contributed by atoms with Crippen molar-refractivity contribution in [3.05, 3.63) is 58.4 Å². The number of aromatic nitrogens is 1. The van der Waals surface area contributed by atoms with Crippen LogP contribution >= 0.6 is 28.1 Å². The van der Waals surface area contributed by atoms with Crippen LogP contribution in [-0.2, 0) is 6.42 Å². The van der Waals surface area contributed by atoms with E-state index in [1.54, 1.807) is 18.3 Å². The molecule has 0 atom stereocenters. The summed E-state index contributed by atoms with van der Waals surface area (Å²) in [4.78, 5) is 4.17. The Morgan fingerprint density at radius 1 is 1.20 bits per heavy atom. The number of anilines is 1. The van der Waals surface area contributed by atoms with Gasteiger partial charge in [-0.2, -0.15) is 0 Å². The standard InChI is InChI=1S/C14H13BrFN3S/c15-11-3-6-13(18-9-11)19-14(20)17-8-7-10-1-4-12(16)5-2-10/h1-6,9H,7-8H2,(H2,17,18,19,20). The van der Waals surface area contributed by atoms with Crippen molar-refractivity contribution < 1.29 is 4.39 Å². The smallest absolute Gasteiger partial charge is 0.171 e. The summed E-state index contributed by atoms with van der Waals surface area (Å²) in [6.45, 7) is 0.675. The van der Waals surface area contributed by atoms with Crippen LogP contribution in [0.4, 0.5) is 10.2 Å². The van der Waals surface area contributed by atoms with Crippen LogP contribution in [0.1, 0.15) is 5.56 Å². The first-order chi connectivity index (χ1) is 9.63. The number of pyridine rings is 1. The van der Waals surface area contributed by atoms with Crippen molar-refractivity contribution in [2.45, 2.75) is 6.42 Å². The molecule has 2 rings (SSSR count). The van der Waals surface area contributed by atoms with Gasteiger partial charge in [0, 0.05) is 17.2 Å². The minimum Gasteiger partial charge on any atom is -0.362 e. The lowest BCUT2D eigenvalue weighted by Crippen LogP contribution is -2.30. The fraction of sp³-hybridized carbons (Fsp3) is 0.143. The molecular weight excluding hydrogens is 341 g/mol. The zero-order chi connectivity index (χ0) is 14.4. The first-order valence-corrected chi connectivity index (χ1v) is 7.24. The van der Waals surface area contributed by atoms with Gasteiger partial charge in [-0.15, -0.1) is 0 Å². The van der Waals surface area contributed by atoms with E-state index in [-0.39, 0.29) is 5.82 Å². The van der Waals surface area contributed by atoms with E-state index in [0.717, 1.165) is 16.5 Å². The summed E-state index contributed by atoms with van der Waals surface area (Å²) in [7, 11) is 0. The van der Waals surface area contributed by atoms with Crippen molar-refractivity contribution in [2.75, 3.05) is 11.9 Å². The molecule has 0 aliphatic rings. The van der Waals surface area contributed by atoms with Crippen LogP contribution in [0.5, 0.6) is 0 Å². The first kappa shape index (κ1) is 14.9. The average molecular weight is 354 g/mol. The molecule has 6 heteroatoms. The zero-order valence-corrected chi connectivity index (χ0v) is 13.0. The molecule has 1 aromatic carbocycles. The highest BCUT2D eigenvalue weighted by molar-refractivity contribution is 9.10. The Labute approximate surface area is 130 Å². The largest absolute Gasteiger partial charge is 0.362 e. The highest BCUT2D eigenvalue weighted by atomic mass is 79.9. The molecule has 0 aliphatic heterocycles. The van der Waals surface area contributed by atoms with E-state index in [9.17, 15) is 4.39 Å². The summed E-state index contributed by atoms with van der Waals surface area (Å²) in [5.41, 5.74) is 1.06. The van der Waals surface area contributed by atoms with Crippen LogP contribution < -0.4 is 10.6 Å². The van der Waals surface area contributed by atoms with E-state index in [0.29, 0.717) is 17.5 Å². The average Bonchev–Trinajstić information content (AvgIpc) is 2.44. The second-order valence-electron chi connectivity index (χ2n) is 4.12. The van der Waals surface area contributed by atoms with Crippen LogP contribution in [0, 0.1) is 5.82 Å². The van der Waals surface area contributed by atoms with E-state index in [1.165, 1.54) is 12.1 Å². The van der Waals surface area contributed by atoms with Gasteiger partial charge in [0.05, 0.1) is 0 Å². The lowest BCUT2D eigenvalue weighted by molar-refractivity contribution is 0.627. The van der Waals surface area contributed by atoms with E-state index < -0.39 is 0 Å². The number of hydrogen-bond donors (Lipinski definition) is 2. The zero-order valence-electron chi connectivity index (χ0n) is 10.6. The fourth-order valence-electron chi connectivity index (χ4n) is 1.58. The number of nitrogens with one attached hydrogen (secondary N) is 2. The number of thiocarbonyl (C=S) groups is 1. The van der Waals surface area contributed by atoms with E-state index in [1.807, 2.05) is 12.1 Å². The molecule has 0 spiro atoms. The van der Waals surface area contributed by atoms with Crippen LogP contribution in [0.15, 0.2) is 47.1 Å². The van der Waals surface area contributed by atoms with E-state index in [2.05, 4.69) is 31.5 Å². The summed E-state index contributed by atoms with van der Waals surface area (Å²) in [6.07, 6.45) is 2.47. The first-order valence-electron chi connectivity index (χ1n) is 6.04. The normalized spacial score (nSPS) is 10.1. The fourth-order valence-corrected chi connectivity index (χ4v) is 2.02. The van der Waals surface area contributed by atoms with Crippen molar-refractivity contribution >= 4 is 39.1 Å². The molecule has 0 radical (unpaired) electrons. The van der Waals surface area contributed by atoms with Crippen molar-refractivity contribution in [2.24, 2.45) is 0 Å². The highest BCUT2D eigenvalue weighted by Crippen LogP contribution is 2.10. The van der Waals surface area contributed by atoms with Gasteiger partial charge in [0.1, 0.15) is 11.6 Å². The summed E-state index contributed by atoms with van der Waals surface area (Å²) in [6, 6.07) is 10.2. The van der Waals surface area contributed by atoms with Crippen molar-refractivity contribution in [3.63, 3.8) is 0 Å². The quantitative estimate of drug-likeness (QED) is 0.824. The third-order valence-electron chi connectivity index (χ3n) is 2.58. The number of nitrogens with zero attached hydrogens (tertiary/aromatic N) is 1. The number of benzene rings is 1. The Balaban J connectivity index is 1.75. The van der Waals surface area contributed by atoms with Crippen LogP contribution in [0.2, 0.25) is 0 Å². The molecule has 2 aromatic rings. The predicted molar refractivity (Wildman–Crippen MR) is 86.3 cm³/mol. The molecule has 0 bridgehead atoms. The topological polar surface area (TPSA) is 37.0 Å². The summed E-state index contributed by atoms with van der Waals surface area (Å²) < 4.78 is 13.7. The Morgan fingerprint density at radius 2 is 1.95 bits per heavy atom. The molecule has 104 valence electrons. The number of hydrogen-bond acceptors (Lipinski definition) is 2. The van der Waals surface area contributed by atoms with Crippen LogP contribution in [0.25, 0.3) is 0 Å². The van der Waals surface area contributed by atoms with Gasteiger partial charge in [-0.3, -0.25) is 0 Å². The third kappa shape index (κ3) is 4.86. The maximum Gasteiger partial charge on any atom is 0.171 e. The van der Waals surface area contributed by atoms with Gasteiger partial charge < -0.3 is 10.6 Å².